The Morgan fingerprint density at radius 1 is 0.356 bits per heavy atom. The minimum atomic E-state index is 0.568. The van der Waals surface area contributed by atoms with E-state index in [2.05, 4.69) is 24.3 Å². The summed E-state index contributed by atoms with van der Waals surface area (Å²) < 4.78 is 0. The Labute approximate surface area is 275 Å². The van der Waals surface area contributed by atoms with Crippen LogP contribution in [0.5, 0.6) is 11.5 Å². The molecule has 2 heteroatoms. The van der Waals surface area contributed by atoms with E-state index in [1.54, 1.807) is 0 Å². The first-order valence-corrected chi connectivity index (χ1v) is 19.9. The minimum Gasteiger partial charge on any atom is -0.507 e. The molecule has 2 nitrogen and oxygen atoms in total. The molecule has 4 aliphatic carbocycles. The number of phenolic OH excluding ortho intramolecular Hbond substituents is 2. The van der Waals surface area contributed by atoms with Crippen LogP contribution in [0.25, 0.3) is 0 Å². The summed E-state index contributed by atoms with van der Waals surface area (Å²) in [6.07, 6.45) is 34.8. The molecule has 4 aliphatic rings. The van der Waals surface area contributed by atoms with E-state index in [9.17, 15) is 10.2 Å². The predicted molar refractivity (Wildman–Crippen MR) is 190 cm³/mol. The highest BCUT2D eigenvalue weighted by atomic mass is 16.3. The number of hydrogen-bond acceptors (Lipinski definition) is 2. The van der Waals surface area contributed by atoms with E-state index >= 15 is 0 Å². The van der Waals surface area contributed by atoms with E-state index in [1.165, 1.54) is 194 Å². The highest BCUT2D eigenvalue weighted by Crippen LogP contribution is 2.46. The van der Waals surface area contributed by atoms with Crippen molar-refractivity contribution < 1.29 is 10.2 Å². The van der Waals surface area contributed by atoms with Gasteiger partial charge in [-0.2, -0.15) is 0 Å². The van der Waals surface area contributed by atoms with Gasteiger partial charge in [0.1, 0.15) is 11.5 Å². The van der Waals surface area contributed by atoms with Crippen LogP contribution in [0.15, 0.2) is 24.3 Å². The summed E-state index contributed by atoms with van der Waals surface area (Å²) in [6, 6.07) is 9.65. The van der Waals surface area contributed by atoms with Gasteiger partial charge in [-0.3, -0.25) is 0 Å². The number of unbranched alkanes of at least 4 members (excludes halogenated alkanes) is 4. The van der Waals surface area contributed by atoms with Crippen LogP contribution in [-0.2, 0) is 12.8 Å². The van der Waals surface area contributed by atoms with Gasteiger partial charge < -0.3 is 10.2 Å². The fourth-order valence-electron chi connectivity index (χ4n) is 9.87. The molecule has 0 amide bonds. The van der Waals surface area contributed by atoms with Crippen molar-refractivity contribution in [2.75, 3.05) is 0 Å². The van der Waals surface area contributed by atoms with Crippen LogP contribution >= 0.6 is 0 Å². The van der Waals surface area contributed by atoms with E-state index in [0.29, 0.717) is 35.2 Å². The number of phenols is 2. The van der Waals surface area contributed by atoms with Crippen molar-refractivity contribution in [3.8, 4) is 11.5 Å². The maximum atomic E-state index is 11.5. The molecule has 0 bridgehead atoms. The van der Waals surface area contributed by atoms with Crippen LogP contribution in [0.1, 0.15) is 218 Å². The maximum absolute atomic E-state index is 11.5. The molecule has 0 heterocycles. The molecule has 2 N–H and O–H groups in total. The quantitative estimate of drug-likeness (QED) is 0.234. The molecule has 2 aromatic rings. The maximum Gasteiger partial charge on any atom is 0.122 e. The van der Waals surface area contributed by atoms with Gasteiger partial charge in [-0.1, -0.05) is 121 Å². The molecule has 4 saturated carbocycles. The molecular weight excluding hydrogens is 548 g/mol. The Morgan fingerprint density at radius 3 is 0.867 bits per heavy atom. The third-order valence-electron chi connectivity index (χ3n) is 12.6. The molecule has 45 heavy (non-hydrogen) atoms. The van der Waals surface area contributed by atoms with Gasteiger partial charge in [-0.15, -0.1) is 0 Å². The second kappa shape index (κ2) is 16.7. The van der Waals surface area contributed by atoms with Crippen LogP contribution in [0.2, 0.25) is 0 Å². The standard InChI is InChI=1S/C43H64O2/c44-42-38(34-20-10-4-11-21-34)28-32(29-39(42)35-22-12-5-13-23-35)18-8-2-1-3-9-19-33-30-40(36-24-14-6-15-25-36)43(45)41(31-33)37-26-16-7-17-27-37/h28-31,34-37,44-45H,1-27H2. The van der Waals surface area contributed by atoms with Gasteiger partial charge in [0, 0.05) is 0 Å². The molecule has 0 spiro atoms. The van der Waals surface area contributed by atoms with E-state index in [-0.39, 0.29) is 0 Å². The van der Waals surface area contributed by atoms with Crippen LogP contribution in [0.3, 0.4) is 0 Å². The van der Waals surface area contributed by atoms with Gasteiger partial charge in [0.05, 0.1) is 0 Å². The van der Waals surface area contributed by atoms with Gasteiger partial charge in [-0.05, 0) is 134 Å². The number of aryl methyl sites for hydroxylation is 2. The molecule has 2 aromatic carbocycles. The zero-order valence-corrected chi connectivity index (χ0v) is 28.6. The van der Waals surface area contributed by atoms with Crippen molar-refractivity contribution in [3.63, 3.8) is 0 Å². The van der Waals surface area contributed by atoms with Gasteiger partial charge in [0.2, 0.25) is 0 Å². The van der Waals surface area contributed by atoms with E-state index < -0.39 is 0 Å². The van der Waals surface area contributed by atoms with Crippen molar-refractivity contribution in [2.45, 2.75) is 197 Å². The highest BCUT2D eigenvalue weighted by molar-refractivity contribution is 5.49. The van der Waals surface area contributed by atoms with E-state index in [4.69, 9.17) is 0 Å². The summed E-state index contributed by atoms with van der Waals surface area (Å²) in [7, 11) is 0. The lowest BCUT2D eigenvalue weighted by molar-refractivity contribution is 0.392. The highest BCUT2D eigenvalue weighted by Gasteiger charge is 2.27. The van der Waals surface area contributed by atoms with Crippen molar-refractivity contribution in [2.24, 2.45) is 0 Å². The fourth-order valence-corrected chi connectivity index (χ4v) is 9.87. The normalized spacial score (nSPS) is 21.3. The SMILES string of the molecule is Oc1c(C2CCCCC2)cc(CCCCCCCc2cc(C3CCCCC3)c(O)c(C3CCCCC3)c2)cc1C1CCCCC1. The largest absolute Gasteiger partial charge is 0.507 e. The summed E-state index contributed by atoms with van der Waals surface area (Å²) in [5, 5.41) is 22.9. The molecule has 0 saturated heterocycles. The first-order valence-electron chi connectivity index (χ1n) is 19.9. The zero-order chi connectivity index (χ0) is 30.8. The van der Waals surface area contributed by atoms with Gasteiger partial charge in [-0.25, -0.2) is 0 Å². The van der Waals surface area contributed by atoms with Crippen molar-refractivity contribution in [1.82, 2.24) is 0 Å². The molecule has 0 radical (unpaired) electrons. The van der Waals surface area contributed by atoms with E-state index in [1.807, 2.05) is 0 Å². The topological polar surface area (TPSA) is 40.5 Å². The van der Waals surface area contributed by atoms with Crippen LogP contribution in [0, 0.1) is 0 Å². The Balaban J connectivity index is 1.03. The molecule has 0 aromatic heterocycles. The number of hydrogen-bond donors (Lipinski definition) is 2. The van der Waals surface area contributed by atoms with Gasteiger partial charge >= 0.3 is 0 Å². The summed E-state index contributed by atoms with van der Waals surface area (Å²) in [5.74, 6) is 3.61. The minimum absolute atomic E-state index is 0.568. The average molecular weight is 613 g/mol. The molecule has 0 unspecified atom stereocenters. The lowest BCUT2D eigenvalue weighted by Gasteiger charge is -2.28. The number of aromatic hydroxyl groups is 2. The molecule has 248 valence electrons. The molecule has 0 atom stereocenters. The Kier molecular flexibility index (Phi) is 12.3. The van der Waals surface area contributed by atoms with Crippen molar-refractivity contribution in [3.05, 3.63) is 57.6 Å². The van der Waals surface area contributed by atoms with Crippen LogP contribution in [0.4, 0.5) is 0 Å². The first-order chi connectivity index (χ1) is 22.2. The van der Waals surface area contributed by atoms with Crippen LogP contribution in [-0.4, -0.2) is 10.2 Å². The zero-order valence-electron chi connectivity index (χ0n) is 28.6. The van der Waals surface area contributed by atoms with Gasteiger partial charge in [0.15, 0.2) is 0 Å². The Morgan fingerprint density at radius 2 is 0.600 bits per heavy atom. The number of rotatable bonds is 12. The molecular formula is C43H64O2. The third-order valence-corrected chi connectivity index (χ3v) is 12.6. The van der Waals surface area contributed by atoms with Crippen molar-refractivity contribution in [1.29, 1.82) is 0 Å². The summed E-state index contributed by atoms with van der Waals surface area (Å²) in [4.78, 5) is 0. The molecule has 4 fully saturated rings. The lowest BCUT2D eigenvalue weighted by atomic mass is 9.78. The number of benzene rings is 2. The van der Waals surface area contributed by atoms with Gasteiger partial charge in [0.25, 0.3) is 0 Å². The fraction of sp³-hybridized carbons (Fsp3) is 0.721. The third kappa shape index (κ3) is 8.70. The second-order valence-corrected chi connectivity index (χ2v) is 15.9. The molecule has 0 aliphatic heterocycles. The predicted octanol–water partition coefficient (Wildman–Crippen LogP) is 13.0. The Hall–Kier alpha value is -1.96. The average Bonchev–Trinajstić information content (AvgIpc) is 3.10. The summed E-state index contributed by atoms with van der Waals surface area (Å²) in [5.41, 5.74) is 8.15. The second-order valence-electron chi connectivity index (χ2n) is 15.9. The first kappa shape index (κ1) is 33.0. The van der Waals surface area contributed by atoms with Crippen molar-refractivity contribution >= 4 is 0 Å². The van der Waals surface area contributed by atoms with Crippen LogP contribution < -0.4 is 0 Å². The van der Waals surface area contributed by atoms with E-state index in [0.717, 1.165) is 12.8 Å². The summed E-state index contributed by atoms with van der Waals surface area (Å²) >= 11 is 0. The smallest absolute Gasteiger partial charge is 0.122 e. The Bertz CT molecular complexity index is 1020. The monoisotopic (exact) mass is 612 g/mol. The molecule has 6 rings (SSSR count). The summed E-state index contributed by atoms with van der Waals surface area (Å²) in [6.45, 7) is 0. The lowest BCUT2D eigenvalue weighted by Crippen LogP contribution is -2.10.